The second-order valence-electron chi connectivity index (χ2n) is 15.5. The van der Waals surface area contributed by atoms with Crippen molar-refractivity contribution in [1.29, 1.82) is 0 Å². The Bertz CT molecular complexity index is 1010. The van der Waals surface area contributed by atoms with Gasteiger partial charge in [-0.15, -0.1) is 0 Å². The molecule has 0 N–H and O–H groups in total. The van der Waals surface area contributed by atoms with Crippen molar-refractivity contribution >= 4 is 5.57 Å². The average Bonchev–Trinajstić information content (AvgIpc) is 3.56. The molecular formula is C48H86O. The number of allylic oxidation sites excluding steroid dienone is 2. The summed E-state index contributed by atoms with van der Waals surface area (Å²) >= 11 is 0. The minimum absolute atomic E-state index is 0.249. The van der Waals surface area contributed by atoms with E-state index in [-0.39, 0.29) is 6.10 Å². The van der Waals surface area contributed by atoms with Crippen LogP contribution < -0.4 is 0 Å². The Hall–Kier alpha value is -1.34. The molecule has 284 valence electrons. The summed E-state index contributed by atoms with van der Waals surface area (Å²) in [5.74, 6) is 2.07. The van der Waals surface area contributed by atoms with Crippen molar-refractivity contribution in [2.75, 3.05) is 0 Å². The van der Waals surface area contributed by atoms with Crippen LogP contribution in [0.15, 0.2) is 29.9 Å². The van der Waals surface area contributed by atoms with Gasteiger partial charge in [0.2, 0.25) is 0 Å². The first kappa shape index (κ1) is 45.7. The minimum atomic E-state index is 0.249. The summed E-state index contributed by atoms with van der Waals surface area (Å²) in [6.07, 6.45) is 34.7. The first-order valence-corrected chi connectivity index (χ1v) is 22.0. The molecule has 1 aliphatic rings. The lowest BCUT2D eigenvalue weighted by atomic mass is 9.78. The van der Waals surface area contributed by atoms with Crippen LogP contribution in [0.3, 0.4) is 0 Å². The lowest BCUT2D eigenvalue weighted by Crippen LogP contribution is -2.14. The molecule has 1 saturated heterocycles. The normalized spacial score (nSPS) is 18.7. The lowest BCUT2D eigenvalue weighted by molar-refractivity contribution is 0.0785. The predicted octanol–water partition coefficient (Wildman–Crippen LogP) is 16.3. The highest BCUT2D eigenvalue weighted by molar-refractivity contribution is 5.73. The van der Waals surface area contributed by atoms with Gasteiger partial charge < -0.3 is 4.74 Å². The Balaban J connectivity index is 0.00000589. The van der Waals surface area contributed by atoms with Crippen LogP contribution in [-0.2, 0) is 11.2 Å². The average molecular weight is 679 g/mol. The van der Waals surface area contributed by atoms with E-state index >= 15 is 0 Å². The van der Waals surface area contributed by atoms with Gasteiger partial charge in [0.15, 0.2) is 0 Å². The summed E-state index contributed by atoms with van der Waals surface area (Å²) in [7, 11) is 0. The van der Waals surface area contributed by atoms with E-state index in [1.807, 2.05) is 13.8 Å². The fourth-order valence-corrected chi connectivity index (χ4v) is 7.96. The second kappa shape index (κ2) is 28.3. The van der Waals surface area contributed by atoms with Gasteiger partial charge in [0.25, 0.3) is 0 Å². The quantitative estimate of drug-likeness (QED) is 0.0700. The molecule has 1 aromatic rings. The van der Waals surface area contributed by atoms with Crippen molar-refractivity contribution in [3.05, 3.63) is 52.1 Å². The Morgan fingerprint density at radius 2 is 1.41 bits per heavy atom. The predicted molar refractivity (Wildman–Crippen MR) is 223 cm³/mol. The van der Waals surface area contributed by atoms with Gasteiger partial charge >= 0.3 is 0 Å². The summed E-state index contributed by atoms with van der Waals surface area (Å²) in [6, 6.07) is 5.28. The minimum Gasteiger partial charge on any atom is -0.371 e. The Labute approximate surface area is 308 Å². The Kier molecular flexibility index (Phi) is 26.4. The third kappa shape index (κ3) is 17.2. The van der Waals surface area contributed by atoms with Crippen molar-refractivity contribution in [2.24, 2.45) is 11.8 Å². The molecule has 0 spiro atoms. The van der Waals surface area contributed by atoms with Crippen LogP contribution in [-0.4, -0.2) is 12.2 Å². The summed E-state index contributed by atoms with van der Waals surface area (Å²) in [6.45, 7) is 25.3. The maximum Gasteiger partial charge on any atom is 0.0826 e. The lowest BCUT2D eigenvalue weighted by Gasteiger charge is -2.27. The van der Waals surface area contributed by atoms with Gasteiger partial charge in [-0.25, -0.2) is 0 Å². The Morgan fingerprint density at radius 3 is 1.94 bits per heavy atom. The standard InChI is InChI=1S/C46H80O.C2H6/c1-10-16-18-19-20-21-22-23-24-25-28-39(14-5)44-33-37(8)43(34-40(44)15-6)45(41(26-12-3)31-29-36(7)13-4)35-42(27-17-11-2)46-32-30-38(9)47-46;1-2/h27,33-36,38-39,41,46H,10-26,28-32H2,1-9H3;1-2H3/b42-27-,45-35-;. The Morgan fingerprint density at radius 1 is 0.755 bits per heavy atom. The van der Waals surface area contributed by atoms with Crippen molar-refractivity contribution in [1.82, 2.24) is 0 Å². The zero-order valence-electron chi connectivity index (χ0n) is 35.2. The van der Waals surface area contributed by atoms with Gasteiger partial charge in [0, 0.05) is 0 Å². The van der Waals surface area contributed by atoms with Gasteiger partial charge in [-0.1, -0.05) is 176 Å². The highest BCUT2D eigenvalue weighted by Crippen LogP contribution is 2.40. The zero-order valence-corrected chi connectivity index (χ0v) is 35.2. The monoisotopic (exact) mass is 679 g/mol. The van der Waals surface area contributed by atoms with E-state index in [1.165, 1.54) is 139 Å². The molecule has 1 heterocycles. The van der Waals surface area contributed by atoms with Crippen molar-refractivity contribution < 1.29 is 4.74 Å². The third-order valence-corrected chi connectivity index (χ3v) is 11.4. The molecule has 0 aliphatic carbocycles. The number of aryl methyl sites for hydroxylation is 2. The first-order chi connectivity index (χ1) is 23.8. The molecular weight excluding hydrogens is 593 g/mol. The van der Waals surface area contributed by atoms with E-state index in [9.17, 15) is 0 Å². The van der Waals surface area contributed by atoms with E-state index in [4.69, 9.17) is 4.74 Å². The van der Waals surface area contributed by atoms with Gasteiger partial charge in [0.05, 0.1) is 12.2 Å². The van der Waals surface area contributed by atoms with Gasteiger partial charge in [-0.3, -0.25) is 0 Å². The molecule has 49 heavy (non-hydrogen) atoms. The molecule has 1 aromatic carbocycles. The smallest absolute Gasteiger partial charge is 0.0826 e. The fourth-order valence-electron chi connectivity index (χ4n) is 7.96. The van der Waals surface area contributed by atoms with E-state index < -0.39 is 0 Å². The molecule has 1 fully saturated rings. The van der Waals surface area contributed by atoms with E-state index in [2.05, 4.69) is 86.6 Å². The molecule has 5 atom stereocenters. The molecule has 1 heteroatoms. The van der Waals surface area contributed by atoms with E-state index in [0.29, 0.717) is 17.9 Å². The maximum atomic E-state index is 6.53. The SMILES string of the molecule is CC.CCC/C=C(/C=C(\c1cc(CC)c(C(CC)CCCCCCCCCCCC)cc1C)C(CCC)CCC(C)CC)C1CCC(C)O1. The summed E-state index contributed by atoms with van der Waals surface area (Å²) in [4.78, 5) is 0. The number of hydrogen-bond acceptors (Lipinski definition) is 1. The molecule has 1 nitrogen and oxygen atoms in total. The van der Waals surface area contributed by atoms with Gasteiger partial charge in [-0.2, -0.15) is 0 Å². The maximum absolute atomic E-state index is 6.53. The van der Waals surface area contributed by atoms with Crippen LogP contribution in [0.25, 0.3) is 5.57 Å². The van der Waals surface area contributed by atoms with E-state index in [1.54, 1.807) is 16.7 Å². The highest BCUT2D eigenvalue weighted by Gasteiger charge is 2.27. The summed E-state index contributed by atoms with van der Waals surface area (Å²) in [5.41, 5.74) is 9.30. The van der Waals surface area contributed by atoms with Crippen molar-refractivity contribution in [2.45, 2.75) is 236 Å². The fraction of sp³-hybridized carbons (Fsp3) is 0.792. The van der Waals surface area contributed by atoms with Gasteiger partial charge in [0.1, 0.15) is 0 Å². The molecule has 0 aromatic heterocycles. The molecule has 0 saturated carbocycles. The zero-order chi connectivity index (χ0) is 36.4. The van der Waals surface area contributed by atoms with Crippen LogP contribution in [0.1, 0.15) is 232 Å². The summed E-state index contributed by atoms with van der Waals surface area (Å²) in [5, 5.41) is 0. The summed E-state index contributed by atoms with van der Waals surface area (Å²) < 4.78 is 6.53. The largest absolute Gasteiger partial charge is 0.371 e. The van der Waals surface area contributed by atoms with E-state index in [0.717, 1.165) is 25.2 Å². The molecule has 1 aliphatic heterocycles. The van der Waals surface area contributed by atoms with Crippen LogP contribution >= 0.6 is 0 Å². The number of ether oxygens (including phenoxy) is 1. The van der Waals surface area contributed by atoms with Gasteiger partial charge in [-0.05, 0) is 116 Å². The molecule has 0 amide bonds. The molecule has 5 unspecified atom stereocenters. The molecule has 0 radical (unpaired) electrons. The van der Waals surface area contributed by atoms with Crippen LogP contribution in [0.4, 0.5) is 0 Å². The first-order valence-electron chi connectivity index (χ1n) is 22.0. The third-order valence-electron chi connectivity index (χ3n) is 11.4. The van der Waals surface area contributed by atoms with Crippen molar-refractivity contribution in [3.8, 4) is 0 Å². The second-order valence-corrected chi connectivity index (χ2v) is 15.5. The molecule has 0 bridgehead atoms. The topological polar surface area (TPSA) is 9.23 Å². The molecule has 2 rings (SSSR count). The number of rotatable bonds is 26. The number of benzene rings is 1. The van der Waals surface area contributed by atoms with Crippen LogP contribution in [0.2, 0.25) is 0 Å². The number of unbranched alkanes of at least 4 members (excludes halogenated alkanes) is 10. The van der Waals surface area contributed by atoms with Crippen LogP contribution in [0, 0.1) is 18.8 Å². The highest BCUT2D eigenvalue weighted by atomic mass is 16.5. The van der Waals surface area contributed by atoms with Crippen LogP contribution in [0.5, 0.6) is 0 Å². The number of hydrogen-bond donors (Lipinski definition) is 0. The van der Waals surface area contributed by atoms with Crippen molar-refractivity contribution in [3.63, 3.8) is 0 Å².